The fraction of sp³-hybridized carbons (Fsp3) is 1.00. The number of nitrogens with zero attached hydrogens (tertiary/aromatic N) is 2. The average molecular weight is 258 g/mol. The van der Waals surface area contributed by atoms with Gasteiger partial charge in [0.15, 0.2) is 0 Å². The maximum Gasteiger partial charge on any atom is 0.0249 e. The second-order valence-corrected chi connectivity index (χ2v) is 5.30. The summed E-state index contributed by atoms with van der Waals surface area (Å²) in [6.45, 7) is 0. The van der Waals surface area contributed by atoms with Crippen molar-refractivity contribution in [2.24, 2.45) is 0 Å². The van der Waals surface area contributed by atoms with Crippen molar-refractivity contribution in [1.82, 2.24) is 10.5 Å². The summed E-state index contributed by atoms with van der Waals surface area (Å²) in [5, 5.41) is 24.1. The normalized spacial score (nSPS) is 24.0. The third-order valence-corrected chi connectivity index (χ3v) is 3.93. The first-order valence-electron chi connectivity index (χ1n) is 7.05. The number of hydrogen-bond donors (Lipinski definition) is 0. The Kier molecular flexibility index (Phi) is 5.81. The summed E-state index contributed by atoms with van der Waals surface area (Å²) >= 11 is 0. The third-order valence-electron chi connectivity index (χ3n) is 3.93. The molecule has 0 radical (unpaired) electrons. The first-order valence-corrected chi connectivity index (χ1v) is 7.05. The Morgan fingerprint density at radius 1 is 0.611 bits per heavy atom. The lowest BCUT2D eigenvalue weighted by Crippen LogP contribution is -2.37. The molecule has 2 saturated carbocycles. The van der Waals surface area contributed by atoms with Crippen LogP contribution in [0.1, 0.15) is 64.2 Å². The second-order valence-electron chi connectivity index (χ2n) is 5.30. The molecule has 0 aliphatic heterocycles. The molecule has 0 aromatic heterocycles. The molecule has 0 heterocycles. The summed E-state index contributed by atoms with van der Waals surface area (Å²) in [4.78, 5) is 9.18. The maximum atomic E-state index is 11.6. The van der Waals surface area contributed by atoms with Gasteiger partial charge in [-0.05, 0) is 25.7 Å². The second kappa shape index (κ2) is 7.37. The smallest absolute Gasteiger partial charge is 0.0249 e. The van der Waals surface area contributed by atoms with Crippen molar-refractivity contribution in [3.8, 4) is 0 Å². The quantitative estimate of drug-likeness (QED) is 0.557. The van der Waals surface area contributed by atoms with E-state index >= 15 is 0 Å². The summed E-state index contributed by atoms with van der Waals surface area (Å²) in [5.41, 5.74) is 0. The predicted molar refractivity (Wildman–Crippen MR) is 66.3 cm³/mol. The molecule has 0 spiro atoms. The van der Waals surface area contributed by atoms with Crippen LogP contribution in [0, 0.1) is 10.4 Å². The van der Waals surface area contributed by atoms with Gasteiger partial charge < -0.3 is 10.4 Å². The Labute approximate surface area is 108 Å². The van der Waals surface area contributed by atoms with Gasteiger partial charge in [0, 0.05) is 12.1 Å². The highest BCUT2D eigenvalue weighted by Gasteiger charge is 2.19. The first-order chi connectivity index (χ1) is 8.77. The Balaban J connectivity index is 1.66. The molecule has 2 aliphatic carbocycles. The zero-order valence-electron chi connectivity index (χ0n) is 10.8. The van der Waals surface area contributed by atoms with Gasteiger partial charge in [0.1, 0.15) is 0 Å². The summed E-state index contributed by atoms with van der Waals surface area (Å²) in [6, 6.07) is -0.336. The van der Waals surface area contributed by atoms with E-state index in [0.717, 1.165) is 51.4 Å². The van der Waals surface area contributed by atoms with E-state index in [1.807, 2.05) is 0 Å². The van der Waals surface area contributed by atoms with Crippen molar-refractivity contribution in [2.45, 2.75) is 76.3 Å². The molecule has 0 unspecified atom stereocenters. The minimum Gasteiger partial charge on any atom is -0.760 e. The van der Waals surface area contributed by atoms with Crippen molar-refractivity contribution in [1.29, 1.82) is 0 Å². The van der Waals surface area contributed by atoms with Crippen molar-refractivity contribution in [2.75, 3.05) is 0 Å². The molecule has 0 saturated heterocycles. The van der Waals surface area contributed by atoms with E-state index in [2.05, 4.69) is 9.98 Å². The molecule has 2 fully saturated rings. The van der Waals surface area contributed by atoms with E-state index < -0.39 is 0 Å². The van der Waals surface area contributed by atoms with Crippen LogP contribution in [0.5, 0.6) is 0 Å². The van der Waals surface area contributed by atoms with Gasteiger partial charge in [0.2, 0.25) is 0 Å². The van der Waals surface area contributed by atoms with E-state index in [4.69, 9.17) is 0 Å². The zero-order valence-corrected chi connectivity index (χ0v) is 10.8. The van der Waals surface area contributed by atoms with Crippen LogP contribution < -0.4 is 0 Å². The first kappa shape index (κ1) is 14.2. The van der Waals surface area contributed by atoms with E-state index in [0.29, 0.717) is 10.5 Å². The highest BCUT2D eigenvalue weighted by atomic mass is 17.4. The lowest BCUT2D eigenvalue weighted by molar-refractivity contribution is -0.508. The van der Waals surface area contributed by atoms with E-state index in [1.165, 1.54) is 12.8 Å². The van der Waals surface area contributed by atoms with Crippen LogP contribution >= 0.6 is 0 Å². The lowest BCUT2D eigenvalue weighted by Gasteiger charge is -2.41. The third kappa shape index (κ3) is 4.15. The van der Waals surface area contributed by atoms with Gasteiger partial charge >= 0.3 is 0 Å². The van der Waals surface area contributed by atoms with Gasteiger partial charge in [0.25, 0.3) is 0 Å². The Morgan fingerprint density at radius 2 is 0.944 bits per heavy atom. The van der Waals surface area contributed by atoms with E-state index in [-0.39, 0.29) is 12.1 Å². The van der Waals surface area contributed by atoms with Crippen LogP contribution in [0.3, 0.4) is 0 Å². The molecule has 6 heteroatoms. The molecule has 18 heavy (non-hydrogen) atoms. The van der Waals surface area contributed by atoms with E-state index in [9.17, 15) is 10.4 Å². The number of rotatable bonds is 5. The summed E-state index contributed by atoms with van der Waals surface area (Å²) in [6.07, 6.45) is 9.75. The fourth-order valence-corrected chi connectivity index (χ4v) is 2.77. The van der Waals surface area contributed by atoms with Gasteiger partial charge in [0.05, 0.1) is 0 Å². The van der Waals surface area contributed by atoms with Crippen LogP contribution in [0.4, 0.5) is 0 Å². The zero-order chi connectivity index (χ0) is 12.8. The van der Waals surface area contributed by atoms with Crippen LogP contribution in [-0.4, -0.2) is 22.5 Å². The Hall–Kier alpha value is -0.240. The Bertz CT molecular complexity index is 206. The molecule has 0 amide bonds. The topological polar surface area (TPSA) is 71.1 Å². The van der Waals surface area contributed by atoms with Gasteiger partial charge in [-0.2, -0.15) is 0 Å². The summed E-state index contributed by atoms with van der Waals surface area (Å²) in [5.74, 6) is 0. The molecule has 2 aliphatic rings. The molecule has 0 aromatic carbocycles. The lowest BCUT2D eigenvalue weighted by atomic mass is 9.96. The van der Waals surface area contributed by atoms with E-state index in [1.54, 1.807) is 0 Å². The molecule has 2 rings (SSSR count). The van der Waals surface area contributed by atoms with Crippen LogP contribution in [-0.2, 0) is 9.98 Å². The molecule has 0 aromatic rings. The van der Waals surface area contributed by atoms with Gasteiger partial charge in [-0.3, -0.25) is 0 Å². The van der Waals surface area contributed by atoms with Crippen molar-refractivity contribution in [3.63, 3.8) is 0 Å². The largest absolute Gasteiger partial charge is 0.760 e. The van der Waals surface area contributed by atoms with Gasteiger partial charge in [-0.15, -0.1) is 9.98 Å². The highest BCUT2D eigenvalue weighted by molar-refractivity contribution is 4.72. The monoisotopic (exact) mass is 258 g/mol. The average Bonchev–Trinajstić information content (AvgIpc) is 2.46. The number of hydroxylamine groups is 4. The molecule has 106 valence electrons. The van der Waals surface area contributed by atoms with Crippen LogP contribution in [0.2, 0.25) is 0 Å². The van der Waals surface area contributed by atoms with Crippen LogP contribution in [0.25, 0.3) is 0 Å². The predicted octanol–water partition coefficient (Wildman–Crippen LogP) is 3.03. The Morgan fingerprint density at radius 3 is 1.28 bits per heavy atom. The summed E-state index contributed by atoms with van der Waals surface area (Å²) in [7, 11) is 0. The molecule has 0 bridgehead atoms. The SMILES string of the molecule is [O-]N(OON([O-])C1CCCCC1)C1CCCCC1. The summed E-state index contributed by atoms with van der Waals surface area (Å²) < 4.78 is 0. The minimum atomic E-state index is -0.168. The molecule has 0 atom stereocenters. The molecule has 6 nitrogen and oxygen atoms in total. The standard InChI is InChI=1S/C12H22N2O4/c15-13(11-7-3-1-4-8-11)17-18-14(16)12-9-5-2-6-10-12/h11-12H,1-10H2/q-2. The van der Waals surface area contributed by atoms with Crippen molar-refractivity contribution >= 4 is 0 Å². The van der Waals surface area contributed by atoms with Crippen LogP contribution in [0.15, 0.2) is 0 Å². The fourth-order valence-electron chi connectivity index (χ4n) is 2.77. The molecular weight excluding hydrogens is 236 g/mol. The van der Waals surface area contributed by atoms with Gasteiger partial charge in [-0.1, -0.05) is 38.5 Å². The highest BCUT2D eigenvalue weighted by Crippen LogP contribution is 2.24. The minimum absolute atomic E-state index is 0.168. The number of hydrogen-bond acceptors (Lipinski definition) is 6. The maximum absolute atomic E-state index is 11.6. The van der Waals surface area contributed by atoms with Crippen molar-refractivity contribution < 1.29 is 9.98 Å². The molecular formula is C12H22N2O4-2. The molecule has 0 N–H and O–H groups in total. The van der Waals surface area contributed by atoms with Crippen molar-refractivity contribution in [3.05, 3.63) is 10.4 Å². The van der Waals surface area contributed by atoms with Gasteiger partial charge in [-0.25, -0.2) is 10.5 Å².